The van der Waals surface area contributed by atoms with Crippen LogP contribution in [0, 0.1) is 0 Å². The standard InChI is InChI=1S/C22H26N2O3/c1-4-15(2)24-14-18-13-19(10-11-20(18)27-16(3)22(24)26)23-21(25)12-17-8-6-5-7-9-17/h5-11,13,15-16H,4,12,14H2,1-3H3,(H,23,25)/t15-,16-/m1/s1. The number of ether oxygens (including phenoxy) is 1. The topological polar surface area (TPSA) is 58.6 Å². The predicted molar refractivity (Wildman–Crippen MR) is 106 cm³/mol. The van der Waals surface area contributed by atoms with Crippen LogP contribution in [-0.4, -0.2) is 28.9 Å². The maximum atomic E-state index is 12.6. The molecular formula is C22H26N2O3. The van der Waals surface area contributed by atoms with Crippen LogP contribution >= 0.6 is 0 Å². The average Bonchev–Trinajstić information content (AvgIpc) is 2.78. The molecule has 0 aromatic heterocycles. The highest BCUT2D eigenvalue weighted by Crippen LogP contribution is 2.30. The summed E-state index contributed by atoms with van der Waals surface area (Å²) in [6.45, 7) is 6.37. The van der Waals surface area contributed by atoms with E-state index in [0.717, 1.165) is 17.5 Å². The Morgan fingerprint density at radius 1 is 1.26 bits per heavy atom. The molecule has 142 valence electrons. The number of nitrogens with zero attached hydrogens (tertiary/aromatic N) is 1. The number of fused-ring (bicyclic) bond motifs is 1. The van der Waals surface area contributed by atoms with Gasteiger partial charge in [-0.2, -0.15) is 0 Å². The van der Waals surface area contributed by atoms with Crippen molar-refractivity contribution in [3.05, 3.63) is 59.7 Å². The van der Waals surface area contributed by atoms with Crippen LogP contribution in [0.3, 0.4) is 0 Å². The molecule has 0 fully saturated rings. The zero-order chi connectivity index (χ0) is 19.4. The monoisotopic (exact) mass is 366 g/mol. The lowest BCUT2D eigenvalue weighted by molar-refractivity contribution is -0.139. The van der Waals surface area contributed by atoms with Gasteiger partial charge in [0.15, 0.2) is 6.10 Å². The molecule has 1 heterocycles. The smallest absolute Gasteiger partial charge is 0.263 e. The largest absolute Gasteiger partial charge is 0.481 e. The Bertz CT molecular complexity index is 820. The van der Waals surface area contributed by atoms with E-state index in [-0.39, 0.29) is 17.9 Å². The molecule has 0 aliphatic carbocycles. The van der Waals surface area contributed by atoms with Gasteiger partial charge in [-0.05, 0) is 44.0 Å². The van der Waals surface area contributed by atoms with Gasteiger partial charge < -0.3 is 15.0 Å². The van der Waals surface area contributed by atoms with Crippen LogP contribution in [-0.2, 0) is 22.6 Å². The first kappa shape index (κ1) is 19.0. The fourth-order valence-electron chi connectivity index (χ4n) is 3.21. The molecule has 1 aliphatic heterocycles. The number of carbonyl (C=O) groups is 2. The van der Waals surface area contributed by atoms with Crippen LogP contribution in [0.2, 0.25) is 0 Å². The minimum atomic E-state index is -0.515. The van der Waals surface area contributed by atoms with E-state index in [1.54, 1.807) is 6.92 Å². The van der Waals surface area contributed by atoms with Gasteiger partial charge >= 0.3 is 0 Å². The van der Waals surface area contributed by atoms with Crippen molar-refractivity contribution in [3.63, 3.8) is 0 Å². The van der Waals surface area contributed by atoms with Gasteiger partial charge in [-0.25, -0.2) is 0 Å². The van der Waals surface area contributed by atoms with Gasteiger partial charge in [0.25, 0.3) is 5.91 Å². The summed E-state index contributed by atoms with van der Waals surface area (Å²) in [7, 11) is 0. The summed E-state index contributed by atoms with van der Waals surface area (Å²) < 4.78 is 5.85. The van der Waals surface area contributed by atoms with Crippen molar-refractivity contribution >= 4 is 17.5 Å². The lowest BCUT2D eigenvalue weighted by Crippen LogP contribution is -2.42. The molecule has 2 aromatic carbocycles. The number of anilines is 1. The van der Waals surface area contributed by atoms with E-state index in [4.69, 9.17) is 4.74 Å². The summed E-state index contributed by atoms with van der Waals surface area (Å²) in [5.74, 6) is 0.622. The highest BCUT2D eigenvalue weighted by molar-refractivity contribution is 5.92. The zero-order valence-corrected chi connectivity index (χ0v) is 16.1. The van der Waals surface area contributed by atoms with Crippen molar-refractivity contribution < 1.29 is 14.3 Å². The summed E-state index contributed by atoms with van der Waals surface area (Å²) in [5.41, 5.74) is 2.59. The molecule has 0 spiro atoms. The van der Waals surface area contributed by atoms with Crippen LogP contribution in [0.25, 0.3) is 0 Å². The van der Waals surface area contributed by atoms with Gasteiger partial charge in [-0.1, -0.05) is 37.3 Å². The first-order chi connectivity index (χ1) is 13.0. The molecule has 0 unspecified atom stereocenters. The van der Waals surface area contributed by atoms with E-state index in [0.29, 0.717) is 24.4 Å². The Labute approximate surface area is 160 Å². The van der Waals surface area contributed by atoms with Crippen LogP contribution in [0.15, 0.2) is 48.5 Å². The van der Waals surface area contributed by atoms with Crippen LogP contribution in [0.4, 0.5) is 5.69 Å². The van der Waals surface area contributed by atoms with Gasteiger partial charge in [0.05, 0.1) is 6.42 Å². The molecule has 27 heavy (non-hydrogen) atoms. The SMILES string of the molecule is CC[C@@H](C)N1Cc2cc(NC(=O)Cc3ccccc3)ccc2O[C@H](C)C1=O. The number of hydrogen-bond donors (Lipinski definition) is 1. The first-order valence-corrected chi connectivity index (χ1v) is 9.41. The molecule has 5 heteroatoms. The molecule has 1 aliphatic rings. The van der Waals surface area contributed by atoms with E-state index in [1.807, 2.05) is 60.4 Å². The van der Waals surface area contributed by atoms with Crippen molar-refractivity contribution in [2.24, 2.45) is 0 Å². The Balaban J connectivity index is 1.77. The molecule has 0 bridgehead atoms. The molecule has 3 rings (SSSR count). The molecule has 1 N–H and O–H groups in total. The Morgan fingerprint density at radius 3 is 2.70 bits per heavy atom. The number of benzene rings is 2. The van der Waals surface area contributed by atoms with Crippen molar-refractivity contribution in [3.8, 4) is 5.75 Å². The van der Waals surface area contributed by atoms with Crippen molar-refractivity contribution in [1.29, 1.82) is 0 Å². The average molecular weight is 366 g/mol. The molecule has 0 saturated carbocycles. The highest BCUT2D eigenvalue weighted by atomic mass is 16.5. The number of amides is 2. The predicted octanol–water partition coefficient (Wildman–Crippen LogP) is 3.78. The van der Waals surface area contributed by atoms with Crippen LogP contribution in [0.1, 0.15) is 38.3 Å². The van der Waals surface area contributed by atoms with E-state index in [1.165, 1.54) is 0 Å². The Hall–Kier alpha value is -2.82. The minimum Gasteiger partial charge on any atom is -0.481 e. The van der Waals surface area contributed by atoms with E-state index in [9.17, 15) is 9.59 Å². The lowest BCUT2D eigenvalue weighted by Gasteiger charge is -2.28. The minimum absolute atomic E-state index is 0.00443. The molecule has 2 aromatic rings. The normalized spacial score (nSPS) is 17.5. The third-order valence-corrected chi connectivity index (χ3v) is 4.95. The molecule has 0 saturated heterocycles. The summed E-state index contributed by atoms with van der Waals surface area (Å²) in [6, 6.07) is 15.3. The molecule has 5 nitrogen and oxygen atoms in total. The third-order valence-electron chi connectivity index (χ3n) is 4.95. The maximum absolute atomic E-state index is 12.6. The first-order valence-electron chi connectivity index (χ1n) is 9.41. The summed E-state index contributed by atoms with van der Waals surface area (Å²) in [4.78, 5) is 26.8. The summed E-state index contributed by atoms with van der Waals surface area (Å²) in [5, 5.41) is 2.94. The summed E-state index contributed by atoms with van der Waals surface area (Å²) >= 11 is 0. The van der Waals surface area contributed by atoms with E-state index < -0.39 is 6.10 Å². The van der Waals surface area contributed by atoms with Gasteiger partial charge in [-0.3, -0.25) is 9.59 Å². The van der Waals surface area contributed by atoms with Gasteiger partial charge in [0.2, 0.25) is 5.91 Å². The number of nitrogens with one attached hydrogen (secondary N) is 1. The van der Waals surface area contributed by atoms with Crippen molar-refractivity contribution in [2.75, 3.05) is 5.32 Å². The van der Waals surface area contributed by atoms with Crippen molar-refractivity contribution in [1.82, 2.24) is 4.90 Å². The molecular weight excluding hydrogens is 340 g/mol. The number of rotatable bonds is 5. The number of carbonyl (C=O) groups excluding carboxylic acids is 2. The second-order valence-corrected chi connectivity index (χ2v) is 7.02. The fraction of sp³-hybridized carbons (Fsp3) is 0.364. The zero-order valence-electron chi connectivity index (χ0n) is 16.1. The van der Waals surface area contributed by atoms with Crippen molar-refractivity contribution in [2.45, 2.75) is 52.3 Å². The maximum Gasteiger partial charge on any atom is 0.263 e. The van der Waals surface area contributed by atoms with Gasteiger partial charge in [0, 0.05) is 23.8 Å². The molecule has 2 amide bonds. The van der Waals surface area contributed by atoms with Crippen LogP contribution < -0.4 is 10.1 Å². The third kappa shape index (κ3) is 4.48. The van der Waals surface area contributed by atoms with E-state index in [2.05, 4.69) is 12.2 Å². The Morgan fingerprint density at radius 2 is 2.00 bits per heavy atom. The Kier molecular flexibility index (Phi) is 5.79. The van der Waals surface area contributed by atoms with E-state index >= 15 is 0 Å². The number of hydrogen-bond acceptors (Lipinski definition) is 3. The summed E-state index contributed by atoms with van der Waals surface area (Å²) in [6.07, 6.45) is 0.684. The molecule has 2 atom stereocenters. The second kappa shape index (κ2) is 8.25. The second-order valence-electron chi connectivity index (χ2n) is 7.02. The fourth-order valence-corrected chi connectivity index (χ4v) is 3.21. The van der Waals surface area contributed by atoms with Gasteiger partial charge in [0.1, 0.15) is 5.75 Å². The lowest BCUT2D eigenvalue weighted by atomic mass is 10.1. The molecule has 0 radical (unpaired) electrons. The quantitative estimate of drug-likeness (QED) is 0.876. The highest BCUT2D eigenvalue weighted by Gasteiger charge is 2.30. The van der Waals surface area contributed by atoms with Crippen LogP contribution in [0.5, 0.6) is 5.75 Å². The van der Waals surface area contributed by atoms with Gasteiger partial charge in [-0.15, -0.1) is 0 Å².